The maximum Gasteiger partial charge on any atom is 0.220 e. The van der Waals surface area contributed by atoms with Crippen LogP contribution in [0.5, 0.6) is 0 Å². The van der Waals surface area contributed by atoms with Gasteiger partial charge in [-0.05, 0) is 30.0 Å². The Kier molecular flexibility index (Phi) is 7.39. The number of halogens is 1. The number of nitrogen functional groups attached to an aromatic ring is 1. The molecule has 1 rings (SSSR count). The van der Waals surface area contributed by atoms with E-state index in [1.165, 1.54) is 5.56 Å². The highest BCUT2D eigenvalue weighted by atomic mass is 35.5. The van der Waals surface area contributed by atoms with Crippen molar-refractivity contribution in [2.75, 3.05) is 12.3 Å². The minimum Gasteiger partial charge on any atom is -0.399 e. The monoisotopic (exact) mass is 256 g/mol. The number of benzene rings is 1. The summed E-state index contributed by atoms with van der Waals surface area (Å²) in [7, 11) is 0. The van der Waals surface area contributed by atoms with Crippen molar-refractivity contribution in [2.45, 2.75) is 26.7 Å². The van der Waals surface area contributed by atoms with Crippen molar-refractivity contribution in [3.63, 3.8) is 0 Å². The van der Waals surface area contributed by atoms with Crippen LogP contribution in [0.3, 0.4) is 0 Å². The first kappa shape index (κ1) is 15.8. The number of nitrogens with one attached hydrogen (secondary N) is 1. The maximum atomic E-state index is 11.4. The van der Waals surface area contributed by atoms with Gasteiger partial charge in [0.1, 0.15) is 0 Å². The van der Waals surface area contributed by atoms with Gasteiger partial charge >= 0.3 is 0 Å². The molecule has 0 aliphatic heterocycles. The fraction of sp³-hybridized carbons (Fsp3) is 0.462. The molecule has 0 heterocycles. The zero-order chi connectivity index (χ0) is 12.0. The number of nitrogens with two attached hydrogens (primary N) is 1. The van der Waals surface area contributed by atoms with E-state index in [2.05, 4.69) is 5.32 Å². The van der Waals surface area contributed by atoms with E-state index in [1.54, 1.807) is 0 Å². The molecule has 96 valence electrons. The molecule has 3 N–H and O–H groups in total. The fourth-order valence-corrected chi connectivity index (χ4v) is 1.47. The van der Waals surface area contributed by atoms with Crippen LogP contribution < -0.4 is 11.1 Å². The SMILES string of the molecule is CC(C)CC(=O)NCCc1ccc(N)cc1.Cl. The minimum atomic E-state index is 0. The van der Waals surface area contributed by atoms with Gasteiger partial charge in [-0.15, -0.1) is 12.4 Å². The summed E-state index contributed by atoms with van der Waals surface area (Å²) in [6.45, 7) is 4.77. The first-order valence-corrected chi connectivity index (χ1v) is 5.69. The predicted molar refractivity (Wildman–Crippen MR) is 74.3 cm³/mol. The van der Waals surface area contributed by atoms with Gasteiger partial charge in [-0.3, -0.25) is 4.79 Å². The molecule has 0 aliphatic carbocycles. The largest absolute Gasteiger partial charge is 0.399 e. The van der Waals surface area contributed by atoms with E-state index in [-0.39, 0.29) is 18.3 Å². The van der Waals surface area contributed by atoms with E-state index < -0.39 is 0 Å². The van der Waals surface area contributed by atoms with E-state index >= 15 is 0 Å². The molecule has 0 atom stereocenters. The van der Waals surface area contributed by atoms with Gasteiger partial charge in [-0.1, -0.05) is 26.0 Å². The zero-order valence-corrected chi connectivity index (χ0v) is 11.2. The Morgan fingerprint density at radius 3 is 2.41 bits per heavy atom. The average molecular weight is 257 g/mol. The summed E-state index contributed by atoms with van der Waals surface area (Å²) in [5.74, 6) is 0.543. The molecule has 0 fully saturated rings. The molecule has 3 nitrogen and oxygen atoms in total. The van der Waals surface area contributed by atoms with E-state index in [0.717, 1.165) is 12.1 Å². The third-order valence-corrected chi connectivity index (χ3v) is 2.31. The van der Waals surface area contributed by atoms with Crippen LogP contribution in [0.2, 0.25) is 0 Å². The molecule has 0 radical (unpaired) electrons. The molecule has 0 bridgehead atoms. The Labute approximate surface area is 109 Å². The van der Waals surface area contributed by atoms with Crippen LogP contribution in [-0.2, 0) is 11.2 Å². The van der Waals surface area contributed by atoms with Crippen molar-refractivity contribution in [1.29, 1.82) is 0 Å². The number of carbonyl (C=O) groups excluding carboxylic acids is 1. The van der Waals surface area contributed by atoms with Crippen LogP contribution in [0.15, 0.2) is 24.3 Å². The summed E-state index contributed by atoms with van der Waals surface area (Å²) in [5, 5.41) is 2.91. The van der Waals surface area contributed by atoms with Gasteiger partial charge in [0.05, 0.1) is 0 Å². The van der Waals surface area contributed by atoms with E-state index in [0.29, 0.717) is 18.9 Å². The lowest BCUT2D eigenvalue weighted by molar-refractivity contribution is -0.121. The molecule has 0 saturated carbocycles. The minimum absolute atomic E-state index is 0. The van der Waals surface area contributed by atoms with Gasteiger partial charge in [-0.25, -0.2) is 0 Å². The first-order valence-electron chi connectivity index (χ1n) is 5.69. The van der Waals surface area contributed by atoms with Crippen molar-refractivity contribution >= 4 is 24.0 Å². The molecule has 1 aromatic carbocycles. The number of hydrogen-bond acceptors (Lipinski definition) is 2. The normalized spacial score (nSPS) is 9.82. The smallest absolute Gasteiger partial charge is 0.220 e. The molecular weight excluding hydrogens is 236 g/mol. The summed E-state index contributed by atoms with van der Waals surface area (Å²) >= 11 is 0. The van der Waals surface area contributed by atoms with Gasteiger partial charge in [-0.2, -0.15) is 0 Å². The van der Waals surface area contributed by atoms with Crippen molar-refractivity contribution in [3.05, 3.63) is 29.8 Å². The van der Waals surface area contributed by atoms with Gasteiger partial charge in [0.25, 0.3) is 0 Å². The fourth-order valence-electron chi connectivity index (χ4n) is 1.47. The third-order valence-electron chi connectivity index (χ3n) is 2.31. The number of anilines is 1. The second kappa shape index (κ2) is 7.96. The first-order chi connectivity index (χ1) is 7.58. The Morgan fingerprint density at radius 2 is 1.88 bits per heavy atom. The highest BCUT2D eigenvalue weighted by Crippen LogP contribution is 2.05. The third kappa shape index (κ3) is 6.84. The molecular formula is C13H21ClN2O. The van der Waals surface area contributed by atoms with E-state index in [4.69, 9.17) is 5.73 Å². The number of amides is 1. The molecule has 17 heavy (non-hydrogen) atoms. The van der Waals surface area contributed by atoms with E-state index in [1.807, 2.05) is 38.1 Å². The molecule has 1 aromatic rings. The quantitative estimate of drug-likeness (QED) is 0.795. The zero-order valence-electron chi connectivity index (χ0n) is 10.4. The second-order valence-corrected chi connectivity index (χ2v) is 4.44. The van der Waals surface area contributed by atoms with Crippen molar-refractivity contribution in [2.24, 2.45) is 5.92 Å². The number of rotatable bonds is 5. The maximum absolute atomic E-state index is 11.4. The van der Waals surface area contributed by atoms with Gasteiger partial charge in [0, 0.05) is 18.7 Å². The lowest BCUT2D eigenvalue weighted by atomic mass is 10.1. The summed E-state index contributed by atoms with van der Waals surface area (Å²) < 4.78 is 0. The van der Waals surface area contributed by atoms with Crippen LogP contribution >= 0.6 is 12.4 Å². The summed E-state index contributed by atoms with van der Waals surface area (Å²) in [6, 6.07) is 7.74. The molecule has 4 heteroatoms. The second-order valence-electron chi connectivity index (χ2n) is 4.44. The van der Waals surface area contributed by atoms with Crippen molar-refractivity contribution < 1.29 is 4.79 Å². The molecule has 0 spiro atoms. The molecule has 1 amide bonds. The van der Waals surface area contributed by atoms with Gasteiger partial charge in [0.15, 0.2) is 0 Å². The molecule has 0 aromatic heterocycles. The van der Waals surface area contributed by atoms with Crippen molar-refractivity contribution in [1.82, 2.24) is 5.32 Å². The summed E-state index contributed by atoms with van der Waals surface area (Å²) in [6.07, 6.45) is 1.45. The van der Waals surface area contributed by atoms with Gasteiger partial charge < -0.3 is 11.1 Å². The standard InChI is InChI=1S/C13H20N2O.ClH/c1-10(2)9-13(16)15-8-7-11-3-5-12(14)6-4-11;/h3-6,10H,7-9,14H2,1-2H3,(H,15,16);1H. The molecule has 0 unspecified atom stereocenters. The number of hydrogen-bond donors (Lipinski definition) is 2. The average Bonchev–Trinajstić information content (AvgIpc) is 2.20. The van der Waals surface area contributed by atoms with E-state index in [9.17, 15) is 4.79 Å². The van der Waals surface area contributed by atoms with Crippen LogP contribution in [0.1, 0.15) is 25.8 Å². The predicted octanol–water partition coefficient (Wildman–Crippen LogP) is 2.40. The Balaban J connectivity index is 0.00000256. The topological polar surface area (TPSA) is 55.1 Å². The van der Waals surface area contributed by atoms with Crippen LogP contribution in [-0.4, -0.2) is 12.5 Å². The van der Waals surface area contributed by atoms with Crippen LogP contribution in [0, 0.1) is 5.92 Å². The van der Waals surface area contributed by atoms with Gasteiger partial charge in [0.2, 0.25) is 5.91 Å². The summed E-state index contributed by atoms with van der Waals surface area (Å²) in [4.78, 5) is 11.4. The molecule has 0 aliphatic rings. The van der Waals surface area contributed by atoms with Crippen molar-refractivity contribution in [3.8, 4) is 0 Å². The van der Waals surface area contributed by atoms with Crippen LogP contribution in [0.25, 0.3) is 0 Å². The number of carbonyl (C=O) groups is 1. The highest BCUT2D eigenvalue weighted by molar-refractivity contribution is 5.85. The highest BCUT2D eigenvalue weighted by Gasteiger charge is 2.03. The Morgan fingerprint density at radius 1 is 1.29 bits per heavy atom. The molecule has 0 saturated heterocycles. The van der Waals surface area contributed by atoms with Crippen LogP contribution in [0.4, 0.5) is 5.69 Å². The Hall–Kier alpha value is -1.22. The lowest BCUT2D eigenvalue weighted by Crippen LogP contribution is -2.26. The summed E-state index contributed by atoms with van der Waals surface area (Å²) in [5.41, 5.74) is 7.55. The Bertz CT molecular complexity index is 336. The lowest BCUT2D eigenvalue weighted by Gasteiger charge is -2.07.